The van der Waals surface area contributed by atoms with Crippen molar-refractivity contribution in [2.24, 2.45) is 45.9 Å². The Balaban J connectivity index is 0.000000165. The average molecular weight is 1530 g/mol. The summed E-state index contributed by atoms with van der Waals surface area (Å²) >= 11 is 0. The van der Waals surface area contributed by atoms with E-state index in [1.807, 2.05) is 94.0 Å². The van der Waals surface area contributed by atoms with E-state index in [2.05, 4.69) is 45.1 Å². The molecule has 12 heteroatoms. The van der Waals surface area contributed by atoms with Crippen LogP contribution in [0.3, 0.4) is 0 Å². The van der Waals surface area contributed by atoms with Crippen LogP contribution in [0.4, 0.5) is 0 Å². The van der Waals surface area contributed by atoms with Gasteiger partial charge in [0.15, 0.2) is 47.1 Å². The SMILES string of the molecule is [2H]C([2H])(CC)c1cc[n+](C)c(-c2c(C)ccc3c2oc2nc(C)ccc23)c1.[2H]C([2H])([2H])C([2H])(C)c1c[n+](C)c(-c2c(C)ccc3c2oc2nc(C([2H])([2H])C([2H])(C)C([2H])([2H])[2H])ccc23)cc1C.[2H]C([2H])([2H])c1c[n+](C)c(-c2c(C)ccc3c2oc2nc(C([2H])([2H])C([2H])(C)C([2H])([2H])[2H])ccc23)cc1C([2H])(C)C.[2H]C([2H])([2H])c1c[n+](C)c(-c2c(C)ccc3c2oc2nc(C([2H])([2H])C([2H])(C)C([2H])([2H])[2H])ccc23)cc1C([2H])(C)C([2H])([2H])[2H]. The molecule has 4 aromatic carbocycles. The molecule has 0 spiro atoms. The van der Waals surface area contributed by atoms with E-state index in [4.69, 9.17) is 65.6 Å². The second-order valence-corrected chi connectivity index (χ2v) is 28.9. The van der Waals surface area contributed by atoms with Crippen molar-refractivity contribution < 1.29 is 83.9 Å². The standard InChI is InChI=1S/3C26H31N2O.C22H23N2O/c2*1-15(2)12-19-9-11-21-20-10-8-17(5)24(25(20)29-26(21)27-19)23-13-22(16(3)4)18(6)14-28(23)7;1-15(2)12-19-9-11-21-20-10-8-17(5)24(25(20)29-26(21)27-19)23-13-18(6)22(16(3)4)14-28(23)7;1-5-6-16-11-12-24(4)19(13-16)20-14(2)7-9-17-18-10-8-15(3)23-22(18)25-21(17)20/h3*8-11,13-16H,12H2,1-7H3;7-13H,5-6H2,1-4H3/q4*+1/i1D3,3D3,6D3,12D2,15D,16D;1D3,6D3,12D2,15D,16D;1D3,3D3,12D2,15D,16D;6D2. The van der Waals surface area contributed by atoms with Crippen molar-refractivity contribution in [2.45, 2.75) is 194 Å². The van der Waals surface area contributed by atoms with Gasteiger partial charge in [-0.25, -0.2) is 38.2 Å². The number of pyridine rings is 8. The number of aryl methyl sites for hydroxylation is 13. The van der Waals surface area contributed by atoms with E-state index < -0.39 is 109 Å². The van der Waals surface area contributed by atoms with E-state index in [0.717, 1.165) is 88.9 Å². The zero-order chi connectivity index (χ0) is 110. The molecule has 0 saturated heterocycles. The molecular weight excluding hydrogens is 1380 g/mol. The van der Waals surface area contributed by atoms with E-state index in [9.17, 15) is 0 Å². The average Bonchev–Trinajstić information content (AvgIpc) is 1.53. The summed E-state index contributed by atoms with van der Waals surface area (Å²) < 4.78 is 314. The Bertz CT molecular complexity index is 7890. The number of rotatable bonds is 15. The Morgan fingerprint density at radius 2 is 0.705 bits per heavy atom. The Kier molecular flexibility index (Phi) is 13.5. The number of fused-ring (bicyclic) bond motifs is 12. The lowest BCUT2D eigenvalue weighted by molar-refractivity contribution is -0.661. The van der Waals surface area contributed by atoms with Crippen LogP contribution >= 0.6 is 0 Å². The summed E-state index contributed by atoms with van der Waals surface area (Å²) in [4.78, 5) is 17.5. The molecule has 5 atom stereocenters. The first-order chi connectivity index (χ1) is 66.9. The molecule has 0 bridgehead atoms. The molecule has 0 fully saturated rings. The van der Waals surface area contributed by atoms with Crippen molar-refractivity contribution in [2.75, 3.05) is 0 Å². The number of nitrogens with zero attached hydrogens (tertiary/aromatic N) is 8. The molecule has 12 aromatic heterocycles. The summed E-state index contributed by atoms with van der Waals surface area (Å²) in [6.07, 6.45) is -2.44. The van der Waals surface area contributed by atoms with Crippen LogP contribution in [0.1, 0.15) is 246 Å². The molecule has 0 radical (unpaired) electrons. The molecule has 12 nitrogen and oxygen atoms in total. The minimum Gasteiger partial charge on any atom is -0.437 e. The number of hydrogen-bond acceptors (Lipinski definition) is 8. The van der Waals surface area contributed by atoms with Gasteiger partial charge in [0.25, 0.3) is 0 Å². The molecule has 0 aliphatic heterocycles. The van der Waals surface area contributed by atoms with Gasteiger partial charge in [0.05, 0.1) is 22.3 Å². The highest BCUT2D eigenvalue weighted by Crippen LogP contribution is 2.43. The monoisotopic (exact) mass is 1530 g/mol. The van der Waals surface area contributed by atoms with Crippen LogP contribution in [-0.2, 0) is 53.7 Å². The van der Waals surface area contributed by atoms with Gasteiger partial charge >= 0.3 is 0 Å². The first-order valence-electron chi connectivity index (χ1n) is 54.3. The molecule has 12 heterocycles. The summed E-state index contributed by atoms with van der Waals surface area (Å²) in [5, 5.41) is 5.66. The Hall–Kier alpha value is -10.7. The Labute approximate surface area is 711 Å². The first kappa shape index (κ1) is 46.3. The minimum absolute atomic E-state index is 0.00521. The molecule has 0 aliphatic carbocycles. The van der Waals surface area contributed by atoms with Gasteiger partial charge in [-0.2, -0.15) is 0 Å². The molecule has 0 saturated carbocycles. The number of benzene rings is 4. The lowest BCUT2D eigenvalue weighted by atomic mass is 9.94. The van der Waals surface area contributed by atoms with E-state index >= 15 is 0 Å². The van der Waals surface area contributed by atoms with Crippen LogP contribution in [-0.4, -0.2) is 19.9 Å². The van der Waals surface area contributed by atoms with Crippen LogP contribution in [0, 0.1) is 72.9 Å². The predicted octanol–water partition coefficient (Wildman–Crippen LogP) is 24.3. The largest absolute Gasteiger partial charge is 0.437 e. The van der Waals surface area contributed by atoms with Crippen molar-refractivity contribution >= 4 is 88.3 Å². The second-order valence-electron chi connectivity index (χ2n) is 28.9. The highest BCUT2D eigenvalue weighted by Gasteiger charge is 2.29. The number of hydrogen-bond donors (Lipinski definition) is 0. The van der Waals surface area contributed by atoms with Gasteiger partial charge in [0.1, 0.15) is 28.2 Å². The quantitative estimate of drug-likeness (QED) is 0.0931. The number of furan rings is 4. The molecular formula is C100H116N8O4+4. The topological polar surface area (TPSA) is 120 Å². The summed E-state index contributed by atoms with van der Waals surface area (Å²) in [5.41, 5.74) is 13.7. The Morgan fingerprint density at radius 1 is 0.357 bits per heavy atom. The van der Waals surface area contributed by atoms with Crippen molar-refractivity contribution in [3.8, 4) is 45.0 Å². The molecule has 0 amide bonds. The molecule has 16 aromatic rings. The van der Waals surface area contributed by atoms with Gasteiger partial charge in [-0.3, -0.25) is 0 Å². The molecule has 0 N–H and O–H groups in total. The van der Waals surface area contributed by atoms with E-state index in [-0.39, 0.29) is 50.9 Å². The van der Waals surface area contributed by atoms with Gasteiger partial charge < -0.3 is 17.7 Å². The van der Waals surface area contributed by atoms with Gasteiger partial charge in [0.2, 0.25) is 45.6 Å². The second kappa shape index (κ2) is 32.5. The van der Waals surface area contributed by atoms with Crippen molar-refractivity contribution in [1.29, 1.82) is 0 Å². The zero-order valence-corrected chi connectivity index (χ0v) is 66.4. The molecule has 0 aliphatic rings. The third-order valence-electron chi connectivity index (χ3n) is 19.9. The van der Waals surface area contributed by atoms with E-state index in [0.29, 0.717) is 112 Å². The fourth-order valence-electron chi connectivity index (χ4n) is 14.5. The van der Waals surface area contributed by atoms with Crippen molar-refractivity contribution in [3.05, 3.63) is 236 Å². The third-order valence-corrected chi connectivity index (χ3v) is 19.9. The Morgan fingerprint density at radius 3 is 1.08 bits per heavy atom. The lowest BCUT2D eigenvalue weighted by Gasteiger charge is -2.12. The maximum atomic E-state index is 8.70. The summed E-state index contributed by atoms with van der Waals surface area (Å²) in [5.74, 6) is -12.7. The molecule has 5 unspecified atom stereocenters. The smallest absolute Gasteiger partial charge is 0.227 e. The fraction of sp³-hybridized carbons (Fsp3) is 0.360. The zero-order valence-electron chi connectivity index (χ0n) is 101. The molecule has 576 valence electrons. The van der Waals surface area contributed by atoms with Crippen LogP contribution < -0.4 is 18.3 Å². The normalized spacial score (nSPS) is 20.5. The van der Waals surface area contributed by atoms with Gasteiger partial charge in [-0.15, -0.1) is 0 Å². The minimum atomic E-state index is -2.94. The highest BCUT2D eigenvalue weighted by molar-refractivity contribution is 6.12. The number of aromatic nitrogens is 8. The summed E-state index contributed by atoms with van der Waals surface area (Å²) in [6, 6.07) is 36.8. The van der Waals surface area contributed by atoms with E-state index in [1.165, 1.54) is 54.2 Å². The van der Waals surface area contributed by atoms with Gasteiger partial charge in [-0.05, 0) is 209 Å². The highest BCUT2D eigenvalue weighted by atomic mass is 16.4. The van der Waals surface area contributed by atoms with Crippen LogP contribution in [0.2, 0.25) is 0 Å². The predicted molar refractivity (Wildman–Crippen MR) is 462 cm³/mol. The van der Waals surface area contributed by atoms with Crippen LogP contribution in [0.5, 0.6) is 0 Å². The summed E-state index contributed by atoms with van der Waals surface area (Å²) in [6.45, 7) is 2.86. The van der Waals surface area contributed by atoms with Crippen LogP contribution in [0.15, 0.2) is 170 Å². The van der Waals surface area contributed by atoms with Crippen molar-refractivity contribution in [1.82, 2.24) is 19.9 Å². The third kappa shape index (κ3) is 15.9. The maximum absolute atomic E-state index is 8.70. The van der Waals surface area contributed by atoms with E-state index in [1.54, 1.807) is 94.5 Å². The fourth-order valence-corrected chi connectivity index (χ4v) is 14.5. The van der Waals surface area contributed by atoms with Crippen LogP contribution in [0.25, 0.3) is 133 Å². The lowest BCUT2D eigenvalue weighted by Crippen LogP contribution is -2.32. The summed E-state index contributed by atoms with van der Waals surface area (Å²) in [7, 11) is 7.06. The maximum Gasteiger partial charge on any atom is 0.227 e. The molecule has 16 rings (SSSR count). The van der Waals surface area contributed by atoms with Crippen molar-refractivity contribution in [3.63, 3.8) is 0 Å². The first-order valence-corrected chi connectivity index (χ1v) is 36.8. The van der Waals surface area contributed by atoms with Gasteiger partial charge in [-0.1, -0.05) is 145 Å². The molecule has 112 heavy (non-hydrogen) atoms. The van der Waals surface area contributed by atoms with Gasteiger partial charge in [0, 0.05) is 161 Å².